The summed E-state index contributed by atoms with van der Waals surface area (Å²) in [4.78, 5) is 0. The van der Waals surface area contributed by atoms with E-state index in [2.05, 4.69) is 45.8 Å². The number of nitrogens with zero attached hydrogens (tertiary/aromatic N) is 2. The summed E-state index contributed by atoms with van der Waals surface area (Å²) in [6, 6.07) is 8.41. The molecule has 0 fully saturated rings. The van der Waals surface area contributed by atoms with Crippen LogP contribution in [0.2, 0.25) is 0 Å². The van der Waals surface area contributed by atoms with Gasteiger partial charge >= 0.3 is 0 Å². The van der Waals surface area contributed by atoms with Crippen LogP contribution in [0.3, 0.4) is 0 Å². The monoisotopic (exact) mass is 422 g/mol. The first kappa shape index (κ1) is 23.0. The van der Waals surface area contributed by atoms with E-state index >= 15 is 0 Å². The van der Waals surface area contributed by atoms with Gasteiger partial charge in [-0.1, -0.05) is 0 Å². The van der Waals surface area contributed by atoms with E-state index in [1.54, 1.807) is 0 Å². The maximum absolute atomic E-state index is 5.72. The van der Waals surface area contributed by atoms with Gasteiger partial charge in [-0.2, -0.15) is 0 Å². The van der Waals surface area contributed by atoms with Crippen molar-refractivity contribution in [2.24, 2.45) is 0 Å². The highest BCUT2D eigenvalue weighted by Gasteiger charge is 2.09. The van der Waals surface area contributed by atoms with Crippen LogP contribution in [0.1, 0.15) is 0 Å². The van der Waals surface area contributed by atoms with E-state index in [0.717, 1.165) is 13.1 Å². The van der Waals surface area contributed by atoms with Crippen LogP contribution in [0.5, 0.6) is 0 Å². The molecule has 0 aliphatic carbocycles. The van der Waals surface area contributed by atoms with Gasteiger partial charge in [-0.05, 0) is 24.3 Å². The van der Waals surface area contributed by atoms with Gasteiger partial charge < -0.3 is 37.6 Å². The van der Waals surface area contributed by atoms with E-state index in [-0.39, 0.29) is 0 Å². The van der Waals surface area contributed by atoms with E-state index in [0.29, 0.717) is 79.3 Å². The van der Waals surface area contributed by atoms with Crippen molar-refractivity contribution in [2.75, 3.05) is 79.3 Å². The minimum atomic E-state index is 0.559. The normalized spacial score (nSPS) is 20.0. The van der Waals surface area contributed by atoms with E-state index in [9.17, 15) is 0 Å². The minimum Gasteiger partial charge on any atom is -0.377 e. The Bertz CT molecular complexity index is 628. The Morgan fingerprint density at radius 2 is 0.733 bits per heavy atom. The maximum Gasteiger partial charge on any atom is 0.0701 e. The number of hydrogen-bond donors (Lipinski definition) is 0. The lowest BCUT2D eigenvalue weighted by atomic mass is 10.3. The molecule has 0 N–H and O–H groups in total. The molecule has 0 saturated heterocycles. The smallest absolute Gasteiger partial charge is 0.0701 e. The van der Waals surface area contributed by atoms with Crippen LogP contribution in [0, 0.1) is 0 Å². The summed E-state index contributed by atoms with van der Waals surface area (Å²) in [5, 5.41) is 0. The molecule has 0 unspecified atom stereocenters. The molecule has 30 heavy (non-hydrogen) atoms. The maximum atomic E-state index is 5.72. The summed E-state index contributed by atoms with van der Waals surface area (Å²) in [7, 11) is 0. The molecular weight excluding hydrogens is 388 g/mol. The first-order valence-electron chi connectivity index (χ1n) is 10.7. The van der Waals surface area contributed by atoms with Crippen molar-refractivity contribution in [3.63, 3.8) is 0 Å². The van der Waals surface area contributed by atoms with Gasteiger partial charge in [0.25, 0.3) is 0 Å². The van der Waals surface area contributed by atoms with Crippen molar-refractivity contribution in [2.45, 2.75) is 13.1 Å². The molecule has 1 aliphatic rings. The quantitative estimate of drug-likeness (QED) is 0.648. The van der Waals surface area contributed by atoms with Crippen molar-refractivity contribution < 1.29 is 28.4 Å². The predicted molar refractivity (Wildman–Crippen MR) is 113 cm³/mol. The highest BCUT2D eigenvalue weighted by atomic mass is 16.6. The van der Waals surface area contributed by atoms with Crippen LogP contribution in [0.15, 0.2) is 36.7 Å². The molecule has 2 aromatic rings. The molecule has 0 bridgehead atoms. The lowest BCUT2D eigenvalue weighted by molar-refractivity contribution is -0.0173. The van der Waals surface area contributed by atoms with E-state index in [1.165, 1.54) is 11.4 Å². The van der Waals surface area contributed by atoms with Crippen LogP contribution in [-0.4, -0.2) is 88.4 Å². The van der Waals surface area contributed by atoms with Crippen LogP contribution in [0.4, 0.5) is 0 Å². The molecule has 1 aliphatic heterocycles. The first-order chi connectivity index (χ1) is 14.9. The van der Waals surface area contributed by atoms with Crippen molar-refractivity contribution in [3.8, 4) is 11.4 Å². The largest absolute Gasteiger partial charge is 0.377 e. The van der Waals surface area contributed by atoms with Gasteiger partial charge in [-0.15, -0.1) is 0 Å². The molecule has 3 heterocycles. The molecule has 3 rings (SSSR count). The van der Waals surface area contributed by atoms with Crippen molar-refractivity contribution in [3.05, 3.63) is 36.7 Å². The number of fused-ring (bicyclic) bond motifs is 3. The Morgan fingerprint density at radius 3 is 1.07 bits per heavy atom. The summed E-state index contributed by atoms with van der Waals surface area (Å²) in [6.45, 7) is 8.52. The molecule has 8 nitrogen and oxygen atoms in total. The van der Waals surface area contributed by atoms with Gasteiger partial charge in [0.1, 0.15) is 0 Å². The van der Waals surface area contributed by atoms with Crippen molar-refractivity contribution in [1.29, 1.82) is 0 Å². The SMILES string of the molecule is c1cc2n(c1)CCOCCOCCOCCOCCOCCOCCn1cccc1-2. The van der Waals surface area contributed by atoms with E-state index < -0.39 is 0 Å². The van der Waals surface area contributed by atoms with E-state index in [4.69, 9.17) is 28.4 Å². The fraction of sp³-hybridized carbons (Fsp3) is 0.636. The Morgan fingerprint density at radius 1 is 0.433 bits per heavy atom. The fourth-order valence-electron chi connectivity index (χ4n) is 3.21. The highest BCUT2D eigenvalue weighted by Crippen LogP contribution is 2.21. The highest BCUT2D eigenvalue weighted by molar-refractivity contribution is 5.56. The van der Waals surface area contributed by atoms with Crippen LogP contribution in [-0.2, 0) is 41.5 Å². The Hall–Kier alpha value is -1.68. The average molecular weight is 423 g/mol. The molecule has 2 aromatic heterocycles. The topological polar surface area (TPSA) is 65.2 Å². The molecule has 0 aromatic carbocycles. The summed E-state index contributed by atoms with van der Waals surface area (Å²) in [6.07, 6.45) is 4.18. The molecule has 0 spiro atoms. The van der Waals surface area contributed by atoms with Crippen LogP contribution in [0.25, 0.3) is 11.4 Å². The van der Waals surface area contributed by atoms with Crippen molar-refractivity contribution in [1.82, 2.24) is 9.13 Å². The molecule has 0 amide bonds. The molecule has 0 radical (unpaired) electrons. The predicted octanol–water partition coefficient (Wildman–Crippen LogP) is 2.07. The lowest BCUT2D eigenvalue weighted by Crippen LogP contribution is -2.15. The molecular formula is C22H34N2O6. The Kier molecular flexibility index (Phi) is 11.0. The van der Waals surface area contributed by atoms with Gasteiger partial charge in [0, 0.05) is 25.5 Å². The number of aromatic nitrogens is 2. The zero-order chi connectivity index (χ0) is 20.7. The minimum absolute atomic E-state index is 0.559. The summed E-state index contributed by atoms with van der Waals surface area (Å²) in [5.41, 5.74) is 2.35. The third-order valence-electron chi connectivity index (χ3n) is 4.73. The van der Waals surface area contributed by atoms with Gasteiger partial charge in [-0.25, -0.2) is 0 Å². The van der Waals surface area contributed by atoms with E-state index in [1.807, 2.05) is 0 Å². The molecule has 8 heteroatoms. The van der Waals surface area contributed by atoms with Crippen LogP contribution >= 0.6 is 0 Å². The zero-order valence-corrected chi connectivity index (χ0v) is 17.7. The number of ether oxygens (including phenoxy) is 6. The third kappa shape index (κ3) is 8.22. The molecule has 168 valence electrons. The summed E-state index contributed by atoms with van der Waals surface area (Å²) in [5.74, 6) is 0. The second kappa shape index (κ2) is 14.3. The third-order valence-corrected chi connectivity index (χ3v) is 4.73. The first-order valence-corrected chi connectivity index (χ1v) is 10.7. The molecule has 0 atom stereocenters. The Balaban J connectivity index is 1.49. The van der Waals surface area contributed by atoms with Crippen molar-refractivity contribution >= 4 is 0 Å². The lowest BCUT2D eigenvalue weighted by Gasteiger charge is -2.14. The van der Waals surface area contributed by atoms with Crippen LogP contribution < -0.4 is 0 Å². The second-order valence-corrected chi connectivity index (χ2v) is 6.85. The fourth-order valence-corrected chi connectivity index (χ4v) is 3.21. The Labute approximate surface area is 178 Å². The van der Waals surface area contributed by atoms with Gasteiger partial charge in [-0.3, -0.25) is 0 Å². The number of hydrogen-bond acceptors (Lipinski definition) is 6. The number of rotatable bonds is 0. The van der Waals surface area contributed by atoms with Gasteiger partial charge in [0.05, 0.1) is 90.7 Å². The van der Waals surface area contributed by atoms with Gasteiger partial charge in [0.15, 0.2) is 0 Å². The summed E-state index contributed by atoms with van der Waals surface area (Å²) >= 11 is 0. The second-order valence-electron chi connectivity index (χ2n) is 6.85. The average Bonchev–Trinajstić information content (AvgIpc) is 3.40. The molecule has 0 saturated carbocycles. The summed E-state index contributed by atoms with van der Waals surface area (Å²) < 4.78 is 37.9. The van der Waals surface area contributed by atoms with Gasteiger partial charge in [0.2, 0.25) is 0 Å². The zero-order valence-electron chi connectivity index (χ0n) is 17.7. The standard InChI is InChI=1S/C22H34N2O6/c1-3-21-22-4-2-6-24(22)8-10-26-12-14-28-16-18-30-20-19-29-17-15-27-13-11-25-9-7-23(21)5-1/h1-6H,7-20H2.